The normalized spacial score (nSPS) is 27.8. The molecule has 0 saturated heterocycles. The molecule has 1 aliphatic carbocycles. The molecule has 3 atom stereocenters. The van der Waals surface area contributed by atoms with Gasteiger partial charge in [-0.15, -0.1) is 0 Å². The first kappa shape index (κ1) is 12.5. The van der Waals surface area contributed by atoms with E-state index in [1.54, 1.807) is 0 Å². The van der Waals surface area contributed by atoms with Crippen LogP contribution in [-0.4, -0.2) is 14.5 Å². The van der Waals surface area contributed by atoms with Gasteiger partial charge >= 0.3 is 0 Å². The molecule has 1 saturated carbocycles. The van der Waals surface area contributed by atoms with Gasteiger partial charge in [0.1, 0.15) is 5.52 Å². The molecule has 2 aromatic rings. The molecule has 1 fully saturated rings. The first-order valence-electron chi connectivity index (χ1n) is 7.17. The minimum Gasteiger partial charge on any atom is -0.369 e. The van der Waals surface area contributed by atoms with Crippen LogP contribution < -0.4 is 5.73 Å². The SMILES string of the molecule is Cc1ccnc2c1nc(N)n2C1CCC(C)C(C)C1. The fourth-order valence-corrected chi connectivity index (χ4v) is 3.24. The Hall–Kier alpha value is -1.58. The van der Waals surface area contributed by atoms with E-state index in [1.807, 2.05) is 12.3 Å². The molecule has 19 heavy (non-hydrogen) atoms. The largest absolute Gasteiger partial charge is 0.369 e. The van der Waals surface area contributed by atoms with Crippen molar-refractivity contribution in [2.75, 3.05) is 5.73 Å². The quantitative estimate of drug-likeness (QED) is 0.853. The summed E-state index contributed by atoms with van der Waals surface area (Å²) in [5.41, 5.74) is 9.19. The van der Waals surface area contributed by atoms with Crippen molar-refractivity contribution in [2.24, 2.45) is 11.8 Å². The number of nitrogens with two attached hydrogens (primary N) is 1. The van der Waals surface area contributed by atoms with Crippen molar-refractivity contribution >= 4 is 17.1 Å². The van der Waals surface area contributed by atoms with Crippen molar-refractivity contribution in [1.82, 2.24) is 14.5 Å². The van der Waals surface area contributed by atoms with Gasteiger partial charge in [0, 0.05) is 12.2 Å². The highest BCUT2D eigenvalue weighted by atomic mass is 15.2. The second kappa shape index (κ2) is 4.51. The van der Waals surface area contributed by atoms with E-state index in [1.165, 1.54) is 19.3 Å². The van der Waals surface area contributed by atoms with Crippen LogP contribution >= 0.6 is 0 Å². The monoisotopic (exact) mass is 258 g/mol. The Morgan fingerprint density at radius 2 is 2.05 bits per heavy atom. The van der Waals surface area contributed by atoms with E-state index < -0.39 is 0 Å². The van der Waals surface area contributed by atoms with Gasteiger partial charge in [-0.3, -0.25) is 4.57 Å². The highest BCUT2D eigenvalue weighted by Gasteiger charge is 2.28. The van der Waals surface area contributed by atoms with E-state index in [0.29, 0.717) is 12.0 Å². The average Bonchev–Trinajstić information content (AvgIpc) is 2.71. The number of aryl methyl sites for hydroxylation is 1. The lowest BCUT2D eigenvalue weighted by atomic mass is 9.79. The first-order valence-corrected chi connectivity index (χ1v) is 7.17. The van der Waals surface area contributed by atoms with Crippen LogP contribution in [0, 0.1) is 18.8 Å². The Kier molecular flexibility index (Phi) is 2.96. The molecule has 4 heteroatoms. The first-order chi connectivity index (χ1) is 9.08. The summed E-state index contributed by atoms with van der Waals surface area (Å²) in [4.78, 5) is 9.01. The number of nitrogen functional groups attached to an aromatic ring is 1. The Bertz CT molecular complexity index is 601. The zero-order chi connectivity index (χ0) is 13.6. The Morgan fingerprint density at radius 1 is 1.26 bits per heavy atom. The number of fused-ring (bicyclic) bond motifs is 1. The van der Waals surface area contributed by atoms with E-state index in [0.717, 1.165) is 28.6 Å². The lowest BCUT2D eigenvalue weighted by Crippen LogP contribution is -2.24. The molecular weight excluding hydrogens is 236 g/mol. The van der Waals surface area contributed by atoms with Crippen LogP contribution in [0.2, 0.25) is 0 Å². The smallest absolute Gasteiger partial charge is 0.202 e. The molecule has 0 bridgehead atoms. The van der Waals surface area contributed by atoms with Gasteiger partial charge in [0.15, 0.2) is 5.65 Å². The molecule has 3 rings (SSSR count). The summed E-state index contributed by atoms with van der Waals surface area (Å²) < 4.78 is 2.16. The summed E-state index contributed by atoms with van der Waals surface area (Å²) in [5, 5.41) is 0. The van der Waals surface area contributed by atoms with Gasteiger partial charge in [0.05, 0.1) is 0 Å². The zero-order valence-corrected chi connectivity index (χ0v) is 11.9. The molecule has 1 aliphatic rings. The number of hydrogen-bond donors (Lipinski definition) is 1. The minimum absolute atomic E-state index is 0.450. The third-order valence-electron chi connectivity index (χ3n) is 4.74. The summed E-state index contributed by atoms with van der Waals surface area (Å²) >= 11 is 0. The van der Waals surface area contributed by atoms with Crippen molar-refractivity contribution in [3.63, 3.8) is 0 Å². The molecule has 0 radical (unpaired) electrons. The van der Waals surface area contributed by atoms with E-state index in [-0.39, 0.29) is 0 Å². The summed E-state index contributed by atoms with van der Waals surface area (Å²) in [6.07, 6.45) is 5.46. The number of hydrogen-bond acceptors (Lipinski definition) is 3. The van der Waals surface area contributed by atoms with Crippen LogP contribution in [0.4, 0.5) is 5.95 Å². The predicted octanol–water partition coefficient (Wildman–Crippen LogP) is 3.32. The number of imidazole rings is 1. The number of rotatable bonds is 1. The maximum absolute atomic E-state index is 6.15. The molecular formula is C15H22N4. The number of pyridine rings is 1. The van der Waals surface area contributed by atoms with Gasteiger partial charge in [-0.05, 0) is 49.7 Å². The molecule has 0 aromatic carbocycles. The Labute approximate surface area is 114 Å². The van der Waals surface area contributed by atoms with Crippen molar-refractivity contribution in [3.8, 4) is 0 Å². The van der Waals surface area contributed by atoms with Gasteiger partial charge < -0.3 is 5.73 Å². The third-order valence-corrected chi connectivity index (χ3v) is 4.74. The lowest BCUT2D eigenvalue weighted by Gasteiger charge is -2.33. The van der Waals surface area contributed by atoms with Gasteiger partial charge in [-0.25, -0.2) is 9.97 Å². The summed E-state index contributed by atoms with van der Waals surface area (Å²) in [5.74, 6) is 2.16. The molecule has 0 aliphatic heterocycles. The number of anilines is 1. The van der Waals surface area contributed by atoms with Crippen LogP contribution in [0.15, 0.2) is 12.3 Å². The summed E-state index contributed by atoms with van der Waals surface area (Å²) in [6, 6.07) is 2.44. The van der Waals surface area contributed by atoms with Crippen LogP contribution in [0.5, 0.6) is 0 Å². The van der Waals surface area contributed by atoms with Gasteiger partial charge in [-0.1, -0.05) is 13.8 Å². The van der Waals surface area contributed by atoms with E-state index in [2.05, 4.69) is 35.3 Å². The maximum atomic E-state index is 6.15. The van der Waals surface area contributed by atoms with Crippen molar-refractivity contribution in [1.29, 1.82) is 0 Å². The molecule has 2 N–H and O–H groups in total. The van der Waals surface area contributed by atoms with Gasteiger partial charge in [0.25, 0.3) is 0 Å². The molecule has 102 valence electrons. The highest BCUT2D eigenvalue weighted by molar-refractivity contribution is 5.77. The van der Waals surface area contributed by atoms with Gasteiger partial charge in [-0.2, -0.15) is 0 Å². The fraction of sp³-hybridized carbons (Fsp3) is 0.600. The second-order valence-electron chi connectivity index (χ2n) is 6.06. The highest BCUT2D eigenvalue weighted by Crippen LogP contribution is 2.38. The van der Waals surface area contributed by atoms with Crippen LogP contribution in [0.1, 0.15) is 44.7 Å². The van der Waals surface area contributed by atoms with Crippen molar-refractivity contribution in [2.45, 2.75) is 46.1 Å². The van der Waals surface area contributed by atoms with E-state index in [9.17, 15) is 0 Å². The average molecular weight is 258 g/mol. The van der Waals surface area contributed by atoms with Crippen LogP contribution in [0.3, 0.4) is 0 Å². The number of nitrogens with zero attached hydrogens (tertiary/aromatic N) is 3. The van der Waals surface area contributed by atoms with E-state index in [4.69, 9.17) is 5.73 Å². The van der Waals surface area contributed by atoms with Crippen molar-refractivity contribution < 1.29 is 0 Å². The summed E-state index contributed by atoms with van der Waals surface area (Å²) in [7, 11) is 0. The molecule has 0 spiro atoms. The molecule has 2 heterocycles. The molecule has 3 unspecified atom stereocenters. The lowest BCUT2D eigenvalue weighted by molar-refractivity contribution is 0.214. The van der Waals surface area contributed by atoms with Crippen LogP contribution in [-0.2, 0) is 0 Å². The maximum Gasteiger partial charge on any atom is 0.202 e. The topological polar surface area (TPSA) is 56.7 Å². The van der Waals surface area contributed by atoms with Crippen LogP contribution in [0.25, 0.3) is 11.2 Å². The Morgan fingerprint density at radius 3 is 2.79 bits per heavy atom. The standard InChI is InChI=1S/C15H22N4/c1-9-4-5-12(8-11(9)3)19-14-13(18-15(19)16)10(2)6-7-17-14/h6-7,9,11-12H,4-5,8H2,1-3H3,(H2,16,18). The van der Waals surface area contributed by atoms with Crippen molar-refractivity contribution in [3.05, 3.63) is 17.8 Å². The third kappa shape index (κ3) is 1.99. The zero-order valence-electron chi connectivity index (χ0n) is 11.9. The predicted molar refractivity (Wildman–Crippen MR) is 77.9 cm³/mol. The molecule has 0 amide bonds. The number of aromatic nitrogens is 3. The Balaban J connectivity index is 2.05. The summed E-state index contributed by atoms with van der Waals surface area (Å²) in [6.45, 7) is 6.75. The molecule has 2 aromatic heterocycles. The minimum atomic E-state index is 0.450. The second-order valence-corrected chi connectivity index (χ2v) is 6.06. The fourth-order valence-electron chi connectivity index (χ4n) is 3.24. The van der Waals surface area contributed by atoms with Gasteiger partial charge in [0.2, 0.25) is 5.95 Å². The molecule has 4 nitrogen and oxygen atoms in total. The van der Waals surface area contributed by atoms with E-state index >= 15 is 0 Å².